The maximum Gasteiger partial charge on any atom is 0.0880 e. The lowest BCUT2D eigenvalue weighted by Crippen LogP contribution is -2.39. The Bertz CT molecular complexity index is 182. The van der Waals surface area contributed by atoms with E-state index in [2.05, 4.69) is 13.0 Å². The Morgan fingerprint density at radius 1 is 1.67 bits per heavy atom. The van der Waals surface area contributed by atoms with Gasteiger partial charge in [-0.15, -0.1) is 0 Å². The highest BCUT2D eigenvalue weighted by molar-refractivity contribution is 5.05. The third-order valence-corrected chi connectivity index (χ3v) is 2.84. The van der Waals surface area contributed by atoms with Crippen LogP contribution in [0.25, 0.3) is 0 Å². The van der Waals surface area contributed by atoms with Crippen molar-refractivity contribution in [3.8, 4) is 0 Å². The molecule has 0 spiro atoms. The van der Waals surface area contributed by atoms with Gasteiger partial charge in [-0.05, 0) is 39.0 Å². The molecule has 0 fully saturated rings. The van der Waals surface area contributed by atoms with Gasteiger partial charge in [-0.25, -0.2) is 0 Å². The smallest absolute Gasteiger partial charge is 0.0880 e. The molecule has 0 heterocycles. The van der Waals surface area contributed by atoms with Crippen LogP contribution in [0.15, 0.2) is 11.6 Å². The largest absolute Gasteiger partial charge is 0.393 e. The quantitative estimate of drug-likeness (QED) is 0.616. The number of allylic oxidation sites excluding steroid dienone is 2. The minimum absolute atomic E-state index is 0.134. The Morgan fingerprint density at radius 2 is 2.33 bits per heavy atom. The average molecular weight is 170 g/mol. The molecule has 0 saturated heterocycles. The van der Waals surface area contributed by atoms with Gasteiger partial charge in [-0.1, -0.05) is 11.6 Å². The minimum atomic E-state index is -0.892. The van der Waals surface area contributed by atoms with Gasteiger partial charge < -0.3 is 10.2 Å². The molecule has 12 heavy (non-hydrogen) atoms. The van der Waals surface area contributed by atoms with Crippen LogP contribution >= 0.6 is 0 Å². The van der Waals surface area contributed by atoms with E-state index in [0.29, 0.717) is 0 Å². The summed E-state index contributed by atoms with van der Waals surface area (Å²) >= 11 is 0. The predicted molar refractivity (Wildman–Crippen MR) is 48.8 cm³/mol. The van der Waals surface area contributed by atoms with Crippen LogP contribution in [0.1, 0.15) is 33.1 Å². The second kappa shape index (κ2) is 3.58. The van der Waals surface area contributed by atoms with Gasteiger partial charge in [-0.2, -0.15) is 0 Å². The molecular formula is C10H18O2. The Morgan fingerprint density at radius 3 is 2.75 bits per heavy atom. The predicted octanol–water partition coefficient (Wildman–Crippen LogP) is 1.48. The summed E-state index contributed by atoms with van der Waals surface area (Å²) in [4.78, 5) is 0. The van der Waals surface area contributed by atoms with Crippen molar-refractivity contribution in [3.63, 3.8) is 0 Å². The summed E-state index contributed by atoms with van der Waals surface area (Å²) in [5.74, 6) is 0.228. The molecule has 0 aliphatic heterocycles. The van der Waals surface area contributed by atoms with Crippen molar-refractivity contribution < 1.29 is 10.2 Å². The molecule has 2 N–H and O–H groups in total. The first-order valence-electron chi connectivity index (χ1n) is 4.55. The lowest BCUT2D eigenvalue weighted by atomic mass is 9.79. The highest BCUT2D eigenvalue weighted by Gasteiger charge is 2.31. The van der Waals surface area contributed by atoms with E-state index >= 15 is 0 Å². The van der Waals surface area contributed by atoms with Crippen molar-refractivity contribution in [2.24, 2.45) is 5.92 Å². The zero-order valence-corrected chi connectivity index (χ0v) is 7.88. The summed E-state index contributed by atoms with van der Waals surface area (Å²) in [5.41, 5.74) is 0.511. The highest BCUT2D eigenvalue weighted by atomic mass is 16.3. The molecule has 70 valence electrons. The third-order valence-electron chi connectivity index (χ3n) is 2.84. The van der Waals surface area contributed by atoms with Gasteiger partial charge in [0.1, 0.15) is 0 Å². The van der Waals surface area contributed by atoms with Crippen LogP contribution in [0, 0.1) is 5.92 Å². The summed E-state index contributed by atoms with van der Waals surface area (Å²) < 4.78 is 0. The van der Waals surface area contributed by atoms with Crippen molar-refractivity contribution in [1.29, 1.82) is 0 Å². The SMILES string of the molecule is CC1=CCC(C(C)(O)CO)CC1. The van der Waals surface area contributed by atoms with Crippen LogP contribution in [0.3, 0.4) is 0 Å². The van der Waals surface area contributed by atoms with Crippen molar-refractivity contribution in [3.05, 3.63) is 11.6 Å². The average Bonchev–Trinajstić information content (AvgIpc) is 2.05. The number of aliphatic hydroxyl groups is 2. The van der Waals surface area contributed by atoms with Gasteiger partial charge in [0.25, 0.3) is 0 Å². The lowest BCUT2D eigenvalue weighted by Gasteiger charge is -2.33. The van der Waals surface area contributed by atoms with Crippen molar-refractivity contribution >= 4 is 0 Å². The fourth-order valence-corrected chi connectivity index (χ4v) is 1.66. The Labute approximate surface area is 73.9 Å². The van der Waals surface area contributed by atoms with E-state index in [4.69, 9.17) is 5.11 Å². The van der Waals surface area contributed by atoms with E-state index < -0.39 is 5.60 Å². The van der Waals surface area contributed by atoms with Crippen LogP contribution in [0.5, 0.6) is 0 Å². The zero-order valence-electron chi connectivity index (χ0n) is 7.88. The van der Waals surface area contributed by atoms with Crippen LogP contribution in [-0.4, -0.2) is 22.4 Å². The topological polar surface area (TPSA) is 40.5 Å². The lowest BCUT2D eigenvalue weighted by molar-refractivity contribution is -0.0496. The standard InChI is InChI=1S/C10H18O2/c1-8-3-5-9(6-4-8)10(2,12)7-11/h3,9,11-12H,4-7H2,1-2H3. The number of hydrogen-bond acceptors (Lipinski definition) is 2. The fraction of sp³-hybridized carbons (Fsp3) is 0.800. The molecular weight excluding hydrogens is 152 g/mol. The van der Waals surface area contributed by atoms with Crippen LogP contribution in [0.2, 0.25) is 0 Å². The van der Waals surface area contributed by atoms with Crippen molar-refractivity contribution in [2.45, 2.75) is 38.7 Å². The molecule has 0 bridgehead atoms. The normalized spacial score (nSPS) is 29.3. The highest BCUT2D eigenvalue weighted by Crippen LogP contribution is 2.31. The fourth-order valence-electron chi connectivity index (χ4n) is 1.66. The summed E-state index contributed by atoms with van der Waals surface area (Å²) in [7, 11) is 0. The van der Waals surface area contributed by atoms with E-state index in [-0.39, 0.29) is 12.5 Å². The molecule has 0 radical (unpaired) electrons. The van der Waals surface area contributed by atoms with Crippen molar-refractivity contribution in [1.82, 2.24) is 0 Å². The van der Waals surface area contributed by atoms with Gasteiger partial charge in [0, 0.05) is 0 Å². The molecule has 2 unspecified atom stereocenters. The van der Waals surface area contributed by atoms with Gasteiger partial charge >= 0.3 is 0 Å². The molecule has 1 aliphatic carbocycles. The Balaban J connectivity index is 2.56. The van der Waals surface area contributed by atoms with Gasteiger partial charge in [0.05, 0.1) is 12.2 Å². The zero-order chi connectivity index (χ0) is 9.19. The van der Waals surface area contributed by atoms with E-state index in [0.717, 1.165) is 19.3 Å². The van der Waals surface area contributed by atoms with Crippen LogP contribution < -0.4 is 0 Å². The second-order valence-corrected chi connectivity index (χ2v) is 4.04. The molecule has 2 nitrogen and oxygen atoms in total. The first-order chi connectivity index (χ1) is 5.56. The second-order valence-electron chi connectivity index (χ2n) is 4.04. The number of hydrogen-bond donors (Lipinski definition) is 2. The molecule has 0 aromatic carbocycles. The minimum Gasteiger partial charge on any atom is -0.393 e. The molecule has 0 saturated carbocycles. The molecule has 1 aliphatic rings. The first-order valence-corrected chi connectivity index (χ1v) is 4.55. The molecule has 0 aromatic heterocycles. The van der Waals surface area contributed by atoms with E-state index in [1.807, 2.05) is 0 Å². The third kappa shape index (κ3) is 2.08. The summed E-state index contributed by atoms with van der Waals surface area (Å²) in [5, 5.41) is 18.7. The van der Waals surface area contributed by atoms with Gasteiger partial charge in [0.15, 0.2) is 0 Å². The number of aliphatic hydroxyl groups excluding tert-OH is 1. The molecule has 2 heteroatoms. The number of rotatable bonds is 2. The molecule has 2 atom stereocenters. The first kappa shape index (κ1) is 9.75. The Kier molecular flexibility index (Phi) is 2.91. The molecule has 0 aromatic rings. The van der Waals surface area contributed by atoms with E-state index in [9.17, 15) is 5.11 Å². The maximum atomic E-state index is 9.75. The van der Waals surface area contributed by atoms with Gasteiger partial charge in [0.2, 0.25) is 0 Å². The van der Waals surface area contributed by atoms with Gasteiger partial charge in [-0.3, -0.25) is 0 Å². The molecule has 1 rings (SSSR count). The summed E-state index contributed by atoms with van der Waals surface area (Å²) in [6.07, 6.45) is 5.12. The van der Waals surface area contributed by atoms with Crippen LogP contribution in [0.4, 0.5) is 0 Å². The summed E-state index contributed by atoms with van der Waals surface area (Å²) in [6, 6.07) is 0. The maximum absolute atomic E-state index is 9.75. The monoisotopic (exact) mass is 170 g/mol. The van der Waals surface area contributed by atoms with Crippen LogP contribution in [-0.2, 0) is 0 Å². The molecule has 0 amide bonds. The summed E-state index contributed by atoms with van der Waals surface area (Å²) in [6.45, 7) is 3.70. The van der Waals surface area contributed by atoms with Crippen molar-refractivity contribution in [2.75, 3.05) is 6.61 Å². The van der Waals surface area contributed by atoms with E-state index in [1.165, 1.54) is 5.57 Å². The Hall–Kier alpha value is -0.340. The van der Waals surface area contributed by atoms with E-state index in [1.54, 1.807) is 6.92 Å².